The van der Waals surface area contributed by atoms with Gasteiger partial charge in [-0.1, -0.05) is 12.5 Å². The van der Waals surface area contributed by atoms with Crippen LogP contribution in [-0.2, 0) is 10.0 Å². The Balaban J connectivity index is 1.35. The molecule has 3 aliphatic rings. The third-order valence-electron chi connectivity index (χ3n) is 7.66. The van der Waals surface area contributed by atoms with Gasteiger partial charge in [-0.15, -0.1) is 0 Å². The summed E-state index contributed by atoms with van der Waals surface area (Å²) >= 11 is 0. The fourth-order valence-electron chi connectivity index (χ4n) is 5.83. The van der Waals surface area contributed by atoms with Gasteiger partial charge in [0, 0.05) is 44.3 Å². The Morgan fingerprint density at radius 2 is 1.73 bits per heavy atom. The van der Waals surface area contributed by atoms with Gasteiger partial charge in [-0.05, 0) is 63.7 Å². The molecule has 8 nitrogen and oxygen atoms in total. The lowest BCUT2D eigenvalue weighted by atomic mass is 9.99. The van der Waals surface area contributed by atoms with Crippen LogP contribution in [-0.4, -0.2) is 89.4 Å². The standard InChI is InChI=1S/C24H35N5O3S/c1-33(31,32)28-14-7-8-19(18-28)23-25-22(21-9-3-6-15-29(21)23)24(30)27-16-10-20(11-17-27)26-12-4-2-5-13-26/h3,6,9,15,19-20H,2,4-5,7-8,10-14,16-18H2,1H3. The monoisotopic (exact) mass is 473 g/mol. The molecule has 5 heterocycles. The van der Waals surface area contributed by atoms with E-state index in [9.17, 15) is 13.2 Å². The summed E-state index contributed by atoms with van der Waals surface area (Å²) in [6, 6.07) is 6.41. The molecular formula is C24H35N5O3S. The lowest BCUT2D eigenvalue weighted by Crippen LogP contribution is -2.48. The van der Waals surface area contributed by atoms with Crippen molar-refractivity contribution in [3.05, 3.63) is 35.9 Å². The van der Waals surface area contributed by atoms with E-state index >= 15 is 0 Å². The highest BCUT2D eigenvalue weighted by atomic mass is 32.2. The number of hydrogen-bond acceptors (Lipinski definition) is 5. The zero-order valence-electron chi connectivity index (χ0n) is 19.5. The van der Waals surface area contributed by atoms with Gasteiger partial charge in [-0.3, -0.25) is 4.79 Å². The number of nitrogens with zero attached hydrogens (tertiary/aromatic N) is 5. The van der Waals surface area contributed by atoms with Crippen LogP contribution in [0.4, 0.5) is 0 Å². The zero-order chi connectivity index (χ0) is 23.0. The summed E-state index contributed by atoms with van der Waals surface area (Å²) in [7, 11) is -3.24. The predicted molar refractivity (Wildman–Crippen MR) is 128 cm³/mol. The van der Waals surface area contributed by atoms with E-state index < -0.39 is 10.0 Å². The van der Waals surface area contributed by atoms with Crippen LogP contribution in [0.25, 0.3) is 5.52 Å². The minimum Gasteiger partial charge on any atom is -0.337 e. The molecule has 1 unspecified atom stereocenters. The fourth-order valence-corrected chi connectivity index (χ4v) is 6.74. The van der Waals surface area contributed by atoms with Crippen LogP contribution in [0.2, 0.25) is 0 Å². The quantitative estimate of drug-likeness (QED) is 0.682. The Bertz CT molecular complexity index is 1100. The van der Waals surface area contributed by atoms with Crippen LogP contribution in [0.3, 0.4) is 0 Å². The van der Waals surface area contributed by atoms with Crippen molar-refractivity contribution in [2.24, 2.45) is 0 Å². The lowest BCUT2D eigenvalue weighted by Gasteiger charge is -2.40. The van der Waals surface area contributed by atoms with Gasteiger partial charge in [-0.2, -0.15) is 0 Å². The smallest absolute Gasteiger partial charge is 0.274 e. The highest BCUT2D eigenvalue weighted by Crippen LogP contribution is 2.30. The normalized spacial score (nSPS) is 24.4. The maximum Gasteiger partial charge on any atom is 0.274 e. The largest absolute Gasteiger partial charge is 0.337 e. The molecule has 3 saturated heterocycles. The molecule has 1 amide bonds. The maximum atomic E-state index is 13.5. The second kappa shape index (κ2) is 9.35. The summed E-state index contributed by atoms with van der Waals surface area (Å²) in [5.41, 5.74) is 1.31. The molecule has 1 atom stereocenters. The molecule has 9 heteroatoms. The van der Waals surface area contributed by atoms with Crippen LogP contribution in [0.1, 0.15) is 67.2 Å². The maximum absolute atomic E-state index is 13.5. The number of amides is 1. The van der Waals surface area contributed by atoms with Crippen molar-refractivity contribution in [2.75, 3.05) is 45.5 Å². The van der Waals surface area contributed by atoms with Crippen molar-refractivity contribution in [3.8, 4) is 0 Å². The Kier molecular flexibility index (Phi) is 6.46. The predicted octanol–water partition coefficient (Wildman–Crippen LogP) is 2.56. The second-order valence-electron chi connectivity index (χ2n) is 9.85. The summed E-state index contributed by atoms with van der Waals surface area (Å²) in [6.07, 6.45) is 10.8. The topological polar surface area (TPSA) is 78.2 Å². The van der Waals surface area contributed by atoms with Crippen LogP contribution in [0, 0.1) is 0 Å². The average molecular weight is 474 g/mol. The molecule has 5 rings (SSSR count). The highest BCUT2D eigenvalue weighted by molar-refractivity contribution is 7.88. The van der Waals surface area contributed by atoms with Gasteiger partial charge in [-0.25, -0.2) is 17.7 Å². The average Bonchev–Trinajstić information content (AvgIpc) is 3.24. The molecule has 0 radical (unpaired) electrons. The van der Waals surface area contributed by atoms with Crippen LogP contribution in [0.5, 0.6) is 0 Å². The molecule has 3 fully saturated rings. The molecule has 2 aromatic heterocycles. The van der Waals surface area contributed by atoms with E-state index in [1.807, 2.05) is 33.7 Å². The van der Waals surface area contributed by atoms with E-state index in [1.54, 1.807) is 0 Å². The third-order valence-corrected chi connectivity index (χ3v) is 8.92. The third kappa shape index (κ3) is 4.68. The van der Waals surface area contributed by atoms with Gasteiger partial charge >= 0.3 is 0 Å². The van der Waals surface area contributed by atoms with Crippen molar-refractivity contribution >= 4 is 21.4 Å². The highest BCUT2D eigenvalue weighted by Gasteiger charge is 2.33. The first-order chi connectivity index (χ1) is 15.9. The minimum absolute atomic E-state index is 0.00202. The lowest BCUT2D eigenvalue weighted by molar-refractivity contribution is 0.0587. The molecular weight excluding hydrogens is 438 g/mol. The van der Waals surface area contributed by atoms with Crippen molar-refractivity contribution < 1.29 is 13.2 Å². The molecule has 0 spiro atoms. The number of rotatable bonds is 4. The van der Waals surface area contributed by atoms with Crippen molar-refractivity contribution in [3.63, 3.8) is 0 Å². The number of hydrogen-bond donors (Lipinski definition) is 0. The number of pyridine rings is 1. The number of likely N-dealkylation sites (tertiary alicyclic amines) is 2. The van der Waals surface area contributed by atoms with E-state index in [2.05, 4.69) is 4.90 Å². The summed E-state index contributed by atoms with van der Waals surface area (Å²) in [5.74, 6) is 0.776. The first-order valence-electron chi connectivity index (χ1n) is 12.4. The molecule has 0 bridgehead atoms. The number of sulfonamides is 1. The van der Waals surface area contributed by atoms with Gasteiger partial charge in [0.25, 0.3) is 5.91 Å². The van der Waals surface area contributed by atoms with Gasteiger partial charge in [0.2, 0.25) is 10.0 Å². The molecule has 0 N–H and O–H groups in total. The van der Waals surface area contributed by atoms with Crippen LogP contribution in [0.15, 0.2) is 24.4 Å². The Hall–Kier alpha value is -1.97. The number of fused-ring (bicyclic) bond motifs is 1. The summed E-state index contributed by atoms with van der Waals surface area (Å²) in [4.78, 5) is 23.0. The number of aromatic nitrogens is 2. The Labute approximate surface area is 196 Å². The summed E-state index contributed by atoms with van der Waals surface area (Å²) < 4.78 is 27.8. The SMILES string of the molecule is CS(=O)(=O)N1CCCC(c2nc(C(=O)N3CCC(N4CCCCC4)CC3)c3ccccn23)C1. The summed E-state index contributed by atoms with van der Waals surface area (Å²) in [6.45, 7) is 4.90. The van der Waals surface area contributed by atoms with Crippen molar-refractivity contribution in [2.45, 2.75) is 56.9 Å². The Morgan fingerprint density at radius 1 is 0.970 bits per heavy atom. The zero-order valence-corrected chi connectivity index (χ0v) is 20.3. The van der Waals surface area contributed by atoms with E-state index in [-0.39, 0.29) is 11.8 Å². The first-order valence-corrected chi connectivity index (χ1v) is 14.2. The van der Waals surface area contributed by atoms with E-state index in [1.165, 1.54) is 42.9 Å². The molecule has 180 valence electrons. The molecule has 2 aromatic rings. The van der Waals surface area contributed by atoms with Gasteiger partial charge in [0.15, 0.2) is 5.69 Å². The molecule has 0 saturated carbocycles. The van der Waals surface area contributed by atoms with Gasteiger partial charge in [0.1, 0.15) is 5.82 Å². The van der Waals surface area contributed by atoms with Crippen LogP contribution >= 0.6 is 0 Å². The first kappa shape index (κ1) is 22.8. The molecule has 0 aromatic carbocycles. The summed E-state index contributed by atoms with van der Waals surface area (Å²) in [5, 5.41) is 0. The van der Waals surface area contributed by atoms with Crippen molar-refractivity contribution in [1.82, 2.24) is 23.5 Å². The number of carbonyl (C=O) groups is 1. The Morgan fingerprint density at radius 3 is 2.45 bits per heavy atom. The van der Waals surface area contributed by atoms with E-state index in [0.717, 1.165) is 50.1 Å². The van der Waals surface area contributed by atoms with Crippen molar-refractivity contribution in [1.29, 1.82) is 0 Å². The minimum atomic E-state index is -3.24. The van der Waals surface area contributed by atoms with E-state index in [4.69, 9.17) is 4.98 Å². The number of imidazole rings is 1. The van der Waals surface area contributed by atoms with Gasteiger partial charge < -0.3 is 14.2 Å². The number of carbonyl (C=O) groups excluding carboxylic acids is 1. The molecule has 33 heavy (non-hydrogen) atoms. The van der Waals surface area contributed by atoms with E-state index in [0.29, 0.717) is 24.8 Å². The number of piperidine rings is 3. The van der Waals surface area contributed by atoms with Crippen LogP contribution < -0.4 is 0 Å². The molecule has 0 aliphatic carbocycles. The second-order valence-corrected chi connectivity index (χ2v) is 11.8. The molecule has 3 aliphatic heterocycles. The van der Waals surface area contributed by atoms with Gasteiger partial charge in [0.05, 0.1) is 11.8 Å². The fraction of sp³-hybridized carbons (Fsp3) is 0.667.